The first-order valence-corrected chi connectivity index (χ1v) is 6.05. The van der Waals surface area contributed by atoms with Crippen LogP contribution in [0.4, 0.5) is 0 Å². The number of hydrogen-bond acceptors (Lipinski definition) is 1. The molecular formula is C13H25NOY+. The third-order valence-electron chi connectivity index (χ3n) is 2.73. The largest absolute Gasteiger partial charge is 3.00 e. The molecule has 1 unspecified atom stereocenters. The molecule has 1 aliphatic rings. The molecule has 3 heteroatoms. The summed E-state index contributed by atoms with van der Waals surface area (Å²) in [6.45, 7) is 12.2. The molecule has 0 saturated carbocycles. The van der Waals surface area contributed by atoms with Crippen molar-refractivity contribution in [2.24, 2.45) is 0 Å². The monoisotopic (exact) mass is 300 g/mol. The van der Waals surface area contributed by atoms with E-state index in [1.165, 1.54) is 19.3 Å². The van der Waals surface area contributed by atoms with Crippen LogP contribution in [0.3, 0.4) is 0 Å². The van der Waals surface area contributed by atoms with Crippen molar-refractivity contribution in [3.05, 3.63) is 13.8 Å². The van der Waals surface area contributed by atoms with Gasteiger partial charge < -0.3 is 23.5 Å². The zero-order chi connectivity index (χ0) is 11.7. The summed E-state index contributed by atoms with van der Waals surface area (Å²) in [5.74, 6) is -0.0211. The average molecular weight is 300 g/mol. The van der Waals surface area contributed by atoms with E-state index in [2.05, 4.69) is 27.7 Å². The normalized spacial score (nSPS) is 19.2. The van der Waals surface area contributed by atoms with Gasteiger partial charge in [0.1, 0.15) is 0 Å². The van der Waals surface area contributed by atoms with Crippen molar-refractivity contribution >= 4 is 5.91 Å². The number of piperidine rings is 1. The van der Waals surface area contributed by atoms with E-state index >= 15 is 0 Å². The minimum Gasteiger partial charge on any atom is -0.365 e. The number of carbonyl (C=O) groups excluding carboxylic acids is 1. The summed E-state index contributed by atoms with van der Waals surface area (Å²) in [6.07, 6.45) is 7.19. The summed E-state index contributed by atoms with van der Waals surface area (Å²) in [4.78, 5) is 12.7. The Kier molecular flexibility index (Phi) is 14.0. The fraction of sp³-hybridized carbons (Fsp3) is 0.769. The molecular weight excluding hydrogens is 275 g/mol. The number of rotatable bonds is 2. The second kappa shape index (κ2) is 11.9. The molecule has 1 aliphatic heterocycles. The van der Waals surface area contributed by atoms with Crippen LogP contribution < -0.4 is 0 Å². The van der Waals surface area contributed by atoms with E-state index in [-0.39, 0.29) is 38.6 Å². The standard InChI is InChI=1S/C8H14NO.C5H11.Y/c1-7-5-3-4-6-9(7)8(2)10;1-3-5-4-2;/h7H,2-6H2,1H3;1,3-5H2,2H3;/q2*-1;+3. The van der Waals surface area contributed by atoms with Crippen LogP contribution in [-0.4, -0.2) is 23.4 Å². The first kappa shape index (κ1) is 18.8. The molecule has 0 aromatic rings. The topological polar surface area (TPSA) is 20.3 Å². The Morgan fingerprint density at radius 2 is 2.06 bits per heavy atom. The maximum absolute atomic E-state index is 10.8. The third kappa shape index (κ3) is 8.58. The number of hydrogen-bond donors (Lipinski definition) is 0. The van der Waals surface area contributed by atoms with Crippen molar-refractivity contribution in [3.63, 3.8) is 0 Å². The molecule has 1 saturated heterocycles. The quantitative estimate of drug-likeness (QED) is 0.717. The van der Waals surface area contributed by atoms with Crippen molar-refractivity contribution in [3.8, 4) is 0 Å². The Morgan fingerprint density at radius 1 is 1.44 bits per heavy atom. The van der Waals surface area contributed by atoms with E-state index in [1.807, 2.05) is 4.90 Å². The van der Waals surface area contributed by atoms with Crippen molar-refractivity contribution in [2.75, 3.05) is 6.54 Å². The Labute approximate surface area is 126 Å². The fourth-order valence-corrected chi connectivity index (χ4v) is 1.72. The van der Waals surface area contributed by atoms with E-state index in [9.17, 15) is 4.79 Å². The molecule has 0 bridgehead atoms. The maximum Gasteiger partial charge on any atom is 3.00 e. The van der Waals surface area contributed by atoms with Gasteiger partial charge in [-0.15, -0.1) is 0 Å². The van der Waals surface area contributed by atoms with E-state index in [0.29, 0.717) is 6.04 Å². The van der Waals surface area contributed by atoms with Gasteiger partial charge >= 0.3 is 32.7 Å². The van der Waals surface area contributed by atoms with E-state index in [1.54, 1.807) is 0 Å². The number of amides is 1. The minimum atomic E-state index is -0.0211. The molecule has 1 rings (SSSR count). The fourth-order valence-electron chi connectivity index (χ4n) is 1.72. The van der Waals surface area contributed by atoms with Gasteiger partial charge in [-0.2, -0.15) is 6.42 Å². The molecule has 16 heavy (non-hydrogen) atoms. The molecule has 1 fully saturated rings. The molecule has 1 heterocycles. The van der Waals surface area contributed by atoms with Crippen LogP contribution >= 0.6 is 0 Å². The van der Waals surface area contributed by atoms with Gasteiger partial charge in [0.15, 0.2) is 0 Å². The predicted octanol–water partition coefficient (Wildman–Crippen LogP) is 3.23. The first-order valence-electron chi connectivity index (χ1n) is 6.05. The summed E-state index contributed by atoms with van der Waals surface area (Å²) in [5, 5.41) is 0. The molecule has 0 aromatic heterocycles. The SMILES string of the molecule is [CH2-]C(=O)N1CCCCC1C.[CH2-]CCCC.[Y+3]. The van der Waals surface area contributed by atoms with Crippen LogP contribution in [0.25, 0.3) is 0 Å². The van der Waals surface area contributed by atoms with E-state index < -0.39 is 0 Å². The second-order valence-electron chi connectivity index (χ2n) is 4.14. The smallest absolute Gasteiger partial charge is 0.365 e. The molecule has 0 spiro atoms. The van der Waals surface area contributed by atoms with E-state index in [4.69, 9.17) is 0 Å². The van der Waals surface area contributed by atoms with Crippen LogP contribution in [0, 0.1) is 13.8 Å². The van der Waals surface area contributed by atoms with Crippen LogP contribution in [0.5, 0.6) is 0 Å². The Hall–Kier alpha value is 0.444. The Balaban J connectivity index is 0. The van der Waals surface area contributed by atoms with Gasteiger partial charge in [-0.3, -0.25) is 0 Å². The van der Waals surface area contributed by atoms with Crippen molar-refractivity contribution in [1.82, 2.24) is 4.90 Å². The molecule has 90 valence electrons. The second-order valence-corrected chi connectivity index (χ2v) is 4.14. The Bertz CT molecular complexity index is 171. The minimum absolute atomic E-state index is 0. The van der Waals surface area contributed by atoms with Crippen LogP contribution in [-0.2, 0) is 37.5 Å². The third-order valence-corrected chi connectivity index (χ3v) is 2.73. The number of unbranched alkanes of at least 4 members (excludes halogenated alkanes) is 2. The molecule has 0 aliphatic carbocycles. The molecule has 2 nitrogen and oxygen atoms in total. The zero-order valence-electron chi connectivity index (χ0n) is 10.9. The van der Waals surface area contributed by atoms with Crippen LogP contribution in [0.2, 0.25) is 0 Å². The maximum atomic E-state index is 10.8. The first-order chi connectivity index (χ1) is 7.13. The van der Waals surface area contributed by atoms with Gasteiger partial charge in [-0.1, -0.05) is 19.8 Å². The van der Waals surface area contributed by atoms with Gasteiger partial charge in [0.2, 0.25) is 0 Å². The average Bonchev–Trinajstić information content (AvgIpc) is 2.20. The molecule has 0 radical (unpaired) electrons. The van der Waals surface area contributed by atoms with E-state index in [0.717, 1.165) is 25.8 Å². The summed E-state index contributed by atoms with van der Waals surface area (Å²) >= 11 is 0. The Morgan fingerprint density at radius 3 is 2.31 bits per heavy atom. The summed E-state index contributed by atoms with van der Waals surface area (Å²) in [7, 11) is 0. The summed E-state index contributed by atoms with van der Waals surface area (Å²) in [6, 6.07) is 0.416. The zero-order valence-corrected chi connectivity index (χ0v) is 13.7. The van der Waals surface area contributed by atoms with Crippen molar-refractivity contribution < 1.29 is 37.5 Å². The predicted molar refractivity (Wildman–Crippen MR) is 65.3 cm³/mol. The molecule has 0 aromatic carbocycles. The van der Waals surface area contributed by atoms with Crippen LogP contribution in [0.15, 0.2) is 0 Å². The van der Waals surface area contributed by atoms with Gasteiger partial charge in [0, 0.05) is 12.6 Å². The molecule has 0 N–H and O–H groups in total. The number of carbonyl (C=O) groups is 1. The summed E-state index contributed by atoms with van der Waals surface area (Å²) in [5.41, 5.74) is 0. The molecule has 1 amide bonds. The van der Waals surface area contributed by atoms with Crippen molar-refractivity contribution in [1.29, 1.82) is 0 Å². The van der Waals surface area contributed by atoms with Gasteiger partial charge in [-0.25, -0.2) is 0 Å². The summed E-state index contributed by atoms with van der Waals surface area (Å²) < 4.78 is 0. The van der Waals surface area contributed by atoms with Gasteiger partial charge in [0.25, 0.3) is 0 Å². The van der Waals surface area contributed by atoms with Gasteiger partial charge in [-0.05, 0) is 26.2 Å². The van der Waals surface area contributed by atoms with Crippen molar-refractivity contribution in [2.45, 2.75) is 58.4 Å². The number of likely N-dealkylation sites (tertiary alicyclic amines) is 1. The number of nitrogens with zero attached hydrogens (tertiary/aromatic N) is 1. The molecule has 1 atom stereocenters. The van der Waals surface area contributed by atoms with Gasteiger partial charge in [0.05, 0.1) is 5.91 Å². The van der Waals surface area contributed by atoms with Crippen LogP contribution in [0.1, 0.15) is 52.4 Å².